The molecule has 1 heteroatoms. The lowest BCUT2D eigenvalue weighted by atomic mass is 10.1. The van der Waals surface area contributed by atoms with Crippen molar-refractivity contribution in [2.45, 2.75) is 46.1 Å². The molecule has 0 aliphatic rings. The third-order valence-electron chi connectivity index (χ3n) is 2.64. The van der Waals surface area contributed by atoms with Gasteiger partial charge >= 0.3 is 0 Å². The van der Waals surface area contributed by atoms with Crippen LogP contribution in [0.5, 0.6) is 0 Å². The molecule has 17 heavy (non-hydrogen) atoms. The third kappa shape index (κ3) is 6.28. The van der Waals surface area contributed by atoms with Crippen molar-refractivity contribution in [3.8, 4) is 0 Å². The summed E-state index contributed by atoms with van der Waals surface area (Å²) in [7, 11) is 0. The van der Waals surface area contributed by atoms with E-state index in [2.05, 4.69) is 69.4 Å². The van der Waals surface area contributed by atoms with Crippen molar-refractivity contribution in [3.05, 3.63) is 41.5 Å². The standard InChI is InChI=1S/C16H25N/c1-5-14-10-8-11-15(13-14)9-6-7-12-17-16(2,3)4/h6,8-11,13,17H,5,7,12H2,1-4H3/b9-6+. The Morgan fingerprint density at radius 3 is 2.65 bits per heavy atom. The Morgan fingerprint density at radius 2 is 2.00 bits per heavy atom. The molecule has 1 aromatic rings. The highest BCUT2D eigenvalue weighted by molar-refractivity contribution is 5.50. The summed E-state index contributed by atoms with van der Waals surface area (Å²) in [5.41, 5.74) is 2.93. The van der Waals surface area contributed by atoms with E-state index < -0.39 is 0 Å². The normalized spacial score (nSPS) is 12.2. The van der Waals surface area contributed by atoms with Gasteiger partial charge in [-0.25, -0.2) is 0 Å². The van der Waals surface area contributed by atoms with Gasteiger partial charge in [0.1, 0.15) is 0 Å². The summed E-state index contributed by atoms with van der Waals surface area (Å²) >= 11 is 0. The van der Waals surface area contributed by atoms with Crippen LogP contribution < -0.4 is 5.32 Å². The average Bonchev–Trinajstić information content (AvgIpc) is 2.27. The van der Waals surface area contributed by atoms with E-state index in [1.807, 2.05) is 0 Å². The molecule has 0 atom stereocenters. The number of rotatable bonds is 5. The van der Waals surface area contributed by atoms with Crippen LogP contribution >= 0.6 is 0 Å². The van der Waals surface area contributed by atoms with Crippen molar-refractivity contribution < 1.29 is 0 Å². The summed E-state index contributed by atoms with van der Waals surface area (Å²) in [6.45, 7) is 9.81. The van der Waals surface area contributed by atoms with E-state index in [4.69, 9.17) is 0 Å². The van der Waals surface area contributed by atoms with Crippen molar-refractivity contribution in [1.29, 1.82) is 0 Å². The second-order valence-electron chi connectivity index (χ2n) is 5.47. The number of benzene rings is 1. The smallest absolute Gasteiger partial charge is 0.00966 e. The minimum atomic E-state index is 0.218. The zero-order chi connectivity index (χ0) is 12.7. The maximum Gasteiger partial charge on any atom is 0.00966 e. The largest absolute Gasteiger partial charge is 0.312 e. The molecule has 1 N–H and O–H groups in total. The molecule has 0 unspecified atom stereocenters. The van der Waals surface area contributed by atoms with Crippen LogP contribution in [0.25, 0.3) is 6.08 Å². The van der Waals surface area contributed by atoms with Crippen molar-refractivity contribution in [1.82, 2.24) is 5.32 Å². The lowest BCUT2D eigenvalue weighted by Gasteiger charge is -2.19. The van der Waals surface area contributed by atoms with Crippen LogP contribution in [0, 0.1) is 0 Å². The highest BCUT2D eigenvalue weighted by atomic mass is 14.9. The molecule has 94 valence electrons. The summed E-state index contributed by atoms with van der Waals surface area (Å²) in [6.07, 6.45) is 6.64. The maximum absolute atomic E-state index is 3.48. The molecule has 0 fully saturated rings. The molecule has 0 aromatic heterocycles. The number of hydrogen-bond acceptors (Lipinski definition) is 1. The van der Waals surface area contributed by atoms with E-state index >= 15 is 0 Å². The molecule has 0 saturated heterocycles. The Hall–Kier alpha value is -1.08. The van der Waals surface area contributed by atoms with Crippen LogP contribution in [0.4, 0.5) is 0 Å². The Kier molecular flexibility index (Phi) is 5.43. The average molecular weight is 231 g/mol. The molecule has 0 amide bonds. The third-order valence-corrected chi connectivity index (χ3v) is 2.64. The van der Waals surface area contributed by atoms with Gasteiger partial charge in [0.15, 0.2) is 0 Å². The van der Waals surface area contributed by atoms with Crippen LogP contribution in [-0.4, -0.2) is 12.1 Å². The van der Waals surface area contributed by atoms with Crippen molar-refractivity contribution in [3.63, 3.8) is 0 Å². The van der Waals surface area contributed by atoms with Gasteiger partial charge in [-0.15, -0.1) is 0 Å². The van der Waals surface area contributed by atoms with Crippen LogP contribution in [0.3, 0.4) is 0 Å². The Bertz CT molecular complexity index is 358. The van der Waals surface area contributed by atoms with Crippen LogP contribution in [0.1, 0.15) is 45.2 Å². The topological polar surface area (TPSA) is 12.0 Å². The fourth-order valence-electron chi connectivity index (χ4n) is 1.67. The number of hydrogen-bond donors (Lipinski definition) is 1. The SMILES string of the molecule is CCc1cccc(/C=C/CCNC(C)(C)C)c1. The lowest BCUT2D eigenvalue weighted by molar-refractivity contribution is 0.431. The van der Waals surface area contributed by atoms with E-state index in [-0.39, 0.29) is 5.54 Å². The molecule has 0 saturated carbocycles. The van der Waals surface area contributed by atoms with Gasteiger partial charge in [-0.05, 0) is 51.3 Å². The fourth-order valence-corrected chi connectivity index (χ4v) is 1.67. The van der Waals surface area contributed by atoms with Crippen molar-refractivity contribution >= 4 is 6.08 Å². The van der Waals surface area contributed by atoms with Gasteiger partial charge in [0.25, 0.3) is 0 Å². The second-order valence-corrected chi connectivity index (χ2v) is 5.47. The number of aryl methyl sites for hydroxylation is 1. The molecule has 1 aromatic carbocycles. The Labute approximate surface area is 106 Å². The van der Waals surface area contributed by atoms with Gasteiger partial charge in [0.05, 0.1) is 0 Å². The predicted octanol–water partition coefficient (Wildman–Crippen LogP) is 4.04. The highest BCUT2D eigenvalue weighted by Gasteiger charge is 2.06. The molecule has 0 spiro atoms. The van der Waals surface area contributed by atoms with E-state index in [9.17, 15) is 0 Å². The van der Waals surface area contributed by atoms with Gasteiger partial charge in [-0.1, -0.05) is 43.3 Å². The molecule has 1 rings (SSSR count). The maximum atomic E-state index is 3.48. The Morgan fingerprint density at radius 1 is 1.24 bits per heavy atom. The monoisotopic (exact) mass is 231 g/mol. The Balaban J connectivity index is 2.38. The quantitative estimate of drug-likeness (QED) is 0.754. The van der Waals surface area contributed by atoms with Gasteiger partial charge in [-0.2, -0.15) is 0 Å². The molecule has 0 aliphatic carbocycles. The number of nitrogens with one attached hydrogen (secondary N) is 1. The summed E-state index contributed by atoms with van der Waals surface area (Å²) < 4.78 is 0. The van der Waals surface area contributed by atoms with E-state index in [1.54, 1.807) is 0 Å². The summed E-state index contributed by atoms with van der Waals surface area (Å²) in [5, 5.41) is 3.48. The summed E-state index contributed by atoms with van der Waals surface area (Å²) in [5.74, 6) is 0. The lowest BCUT2D eigenvalue weighted by Crippen LogP contribution is -2.36. The first-order valence-electron chi connectivity index (χ1n) is 6.52. The molecular formula is C16H25N. The molecular weight excluding hydrogens is 206 g/mol. The van der Waals surface area contributed by atoms with Gasteiger partial charge in [-0.3, -0.25) is 0 Å². The predicted molar refractivity (Wildman–Crippen MR) is 77.2 cm³/mol. The van der Waals surface area contributed by atoms with Crippen LogP contribution in [-0.2, 0) is 6.42 Å². The van der Waals surface area contributed by atoms with E-state index in [0.29, 0.717) is 0 Å². The van der Waals surface area contributed by atoms with Crippen LogP contribution in [0.15, 0.2) is 30.3 Å². The highest BCUT2D eigenvalue weighted by Crippen LogP contribution is 2.08. The molecule has 1 nitrogen and oxygen atoms in total. The van der Waals surface area contributed by atoms with Crippen LogP contribution in [0.2, 0.25) is 0 Å². The molecule has 0 heterocycles. The first-order chi connectivity index (χ1) is 8.01. The van der Waals surface area contributed by atoms with Gasteiger partial charge in [0, 0.05) is 5.54 Å². The van der Waals surface area contributed by atoms with Crippen molar-refractivity contribution in [2.75, 3.05) is 6.54 Å². The zero-order valence-corrected chi connectivity index (χ0v) is 11.6. The molecule has 0 radical (unpaired) electrons. The second kappa shape index (κ2) is 6.61. The first kappa shape index (κ1) is 14.0. The van der Waals surface area contributed by atoms with Gasteiger partial charge in [0.2, 0.25) is 0 Å². The zero-order valence-electron chi connectivity index (χ0n) is 11.6. The molecule has 0 bridgehead atoms. The minimum absolute atomic E-state index is 0.218. The summed E-state index contributed by atoms with van der Waals surface area (Å²) in [6, 6.07) is 8.73. The van der Waals surface area contributed by atoms with E-state index in [1.165, 1.54) is 11.1 Å². The molecule has 0 aliphatic heterocycles. The fraction of sp³-hybridized carbons (Fsp3) is 0.500. The van der Waals surface area contributed by atoms with E-state index in [0.717, 1.165) is 19.4 Å². The van der Waals surface area contributed by atoms with Gasteiger partial charge < -0.3 is 5.32 Å². The first-order valence-corrected chi connectivity index (χ1v) is 6.52. The summed E-state index contributed by atoms with van der Waals surface area (Å²) in [4.78, 5) is 0. The minimum Gasteiger partial charge on any atom is -0.312 e. The van der Waals surface area contributed by atoms with Crippen molar-refractivity contribution in [2.24, 2.45) is 0 Å².